The monoisotopic (exact) mass is 432 g/mol. The number of carboxylic acid groups (broad SMARTS) is 1. The zero-order valence-electron chi connectivity index (χ0n) is 18.5. The number of esters is 1. The average molecular weight is 432 g/mol. The first-order valence-corrected chi connectivity index (χ1v) is 9.71. The number of carboxylic acids is 1. The standard InChI is InChI=1S/C22H28N2O7/c1-21(2,3)30-19(27)17-23-12-15(29-13-14-10-8-7-9-11-14)16(18(25)26)24(17)20(28)31-22(4,5)6/h7-12,16H,13H2,1-6H3,(H,25,26). The minimum Gasteiger partial charge on any atom is -0.489 e. The second kappa shape index (κ2) is 9.20. The third-order valence-electron chi connectivity index (χ3n) is 3.72. The van der Waals surface area contributed by atoms with Crippen molar-refractivity contribution in [2.24, 2.45) is 4.99 Å². The van der Waals surface area contributed by atoms with E-state index in [4.69, 9.17) is 14.2 Å². The summed E-state index contributed by atoms with van der Waals surface area (Å²) in [5.41, 5.74) is -1.03. The lowest BCUT2D eigenvalue weighted by molar-refractivity contribution is -0.147. The maximum absolute atomic E-state index is 12.9. The molecule has 1 heterocycles. The molecule has 168 valence electrons. The van der Waals surface area contributed by atoms with E-state index >= 15 is 0 Å². The Labute approximate surface area is 181 Å². The highest BCUT2D eigenvalue weighted by atomic mass is 16.6. The maximum atomic E-state index is 12.9. The van der Waals surface area contributed by atoms with Crippen LogP contribution in [-0.4, -0.2) is 51.1 Å². The topological polar surface area (TPSA) is 115 Å². The van der Waals surface area contributed by atoms with Crippen molar-refractivity contribution < 1.29 is 33.7 Å². The van der Waals surface area contributed by atoms with Gasteiger partial charge in [0.25, 0.3) is 0 Å². The van der Waals surface area contributed by atoms with E-state index in [9.17, 15) is 19.5 Å². The lowest BCUT2D eigenvalue weighted by Gasteiger charge is -2.34. The summed E-state index contributed by atoms with van der Waals surface area (Å²) in [6.07, 6.45) is 0.0559. The zero-order valence-corrected chi connectivity index (χ0v) is 18.5. The SMILES string of the molecule is CC(C)(C)OC(=O)C1=NC=C(OCc2ccccc2)C(C(=O)O)N1C(=O)OC(C)(C)C. The van der Waals surface area contributed by atoms with E-state index in [0.29, 0.717) is 4.90 Å². The summed E-state index contributed by atoms with van der Waals surface area (Å²) < 4.78 is 16.3. The minimum absolute atomic E-state index is 0.0515. The molecule has 0 aromatic heterocycles. The number of hydrogen-bond acceptors (Lipinski definition) is 7. The van der Waals surface area contributed by atoms with E-state index in [2.05, 4.69) is 4.99 Å². The highest BCUT2D eigenvalue weighted by molar-refractivity contribution is 6.38. The predicted octanol–water partition coefficient (Wildman–Crippen LogP) is 3.49. The lowest BCUT2D eigenvalue weighted by atomic mass is 10.1. The summed E-state index contributed by atoms with van der Waals surface area (Å²) in [4.78, 5) is 42.4. The van der Waals surface area contributed by atoms with E-state index in [1.54, 1.807) is 53.7 Å². The Morgan fingerprint density at radius 3 is 2.10 bits per heavy atom. The number of aliphatic imine (C=N–C) groups is 1. The molecule has 0 radical (unpaired) electrons. The van der Waals surface area contributed by atoms with Crippen LogP contribution >= 0.6 is 0 Å². The number of benzene rings is 1. The molecule has 1 N–H and O–H groups in total. The molecule has 0 saturated carbocycles. The molecule has 0 aliphatic carbocycles. The van der Waals surface area contributed by atoms with Crippen molar-refractivity contribution in [3.05, 3.63) is 47.9 Å². The van der Waals surface area contributed by atoms with Crippen molar-refractivity contribution in [1.82, 2.24) is 4.90 Å². The summed E-state index contributed by atoms with van der Waals surface area (Å²) in [6, 6.07) is 7.42. The van der Waals surface area contributed by atoms with E-state index in [1.807, 2.05) is 18.2 Å². The first-order chi connectivity index (χ1) is 14.3. The molecule has 0 fully saturated rings. The molecule has 0 saturated heterocycles. The van der Waals surface area contributed by atoms with Gasteiger partial charge >= 0.3 is 18.0 Å². The number of amidine groups is 1. The molecule has 1 aliphatic heterocycles. The molecule has 1 amide bonds. The van der Waals surface area contributed by atoms with Crippen molar-refractivity contribution in [2.45, 2.75) is 65.4 Å². The largest absolute Gasteiger partial charge is 0.489 e. The van der Waals surface area contributed by atoms with Crippen LogP contribution in [0, 0.1) is 0 Å². The number of hydrogen-bond donors (Lipinski definition) is 1. The number of rotatable bonds is 5. The number of amides is 1. The molecular formula is C22H28N2O7. The number of nitrogens with zero attached hydrogens (tertiary/aromatic N) is 2. The molecule has 1 aliphatic rings. The second-order valence-corrected chi connectivity index (χ2v) is 8.85. The summed E-state index contributed by atoms with van der Waals surface area (Å²) in [7, 11) is 0. The Morgan fingerprint density at radius 2 is 1.58 bits per heavy atom. The molecule has 1 aromatic carbocycles. The molecule has 9 nitrogen and oxygen atoms in total. The normalized spacial score (nSPS) is 16.7. The third-order valence-corrected chi connectivity index (χ3v) is 3.72. The Balaban J connectivity index is 2.43. The average Bonchev–Trinajstić information content (AvgIpc) is 2.63. The van der Waals surface area contributed by atoms with Crippen LogP contribution in [0.1, 0.15) is 47.1 Å². The Hall–Kier alpha value is -3.36. The molecule has 31 heavy (non-hydrogen) atoms. The van der Waals surface area contributed by atoms with Crippen molar-refractivity contribution in [3.63, 3.8) is 0 Å². The van der Waals surface area contributed by atoms with Crippen LogP contribution in [0.3, 0.4) is 0 Å². The fourth-order valence-electron chi connectivity index (χ4n) is 2.57. The van der Waals surface area contributed by atoms with E-state index < -0.39 is 41.1 Å². The van der Waals surface area contributed by atoms with E-state index in [1.165, 1.54) is 0 Å². The molecule has 9 heteroatoms. The molecule has 2 rings (SSSR count). The highest BCUT2D eigenvalue weighted by Gasteiger charge is 2.45. The number of carbonyl (C=O) groups excluding carboxylic acids is 2. The molecule has 1 atom stereocenters. The van der Waals surface area contributed by atoms with Gasteiger partial charge in [-0.1, -0.05) is 30.3 Å². The smallest absolute Gasteiger partial charge is 0.417 e. The van der Waals surface area contributed by atoms with Gasteiger partial charge in [-0.25, -0.2) is 24.3 Å². The van der Waals surface area contributed by atoms with Crippen LogP contribution in [0.25, 0.3) is 0 Å². The second-order valence-electron chi connectivity index (χ2n) is 8.85. The summed E-state index contributed by atoms with van der Waals surface area (Å²) >= 11 is 0. The van der Waals surface area contributed by atoms with Crippen LogP contribution in [0.5, 0.6) is 0 Å². The van der Waals surface area contributed by atoms with Gasteiger partial charge in [0.1, 0.15) is 23.6 Å². The molecule has 0 spiro atoms. The van der Waals surface area contributed by atoms with Gasteiger partial charge in [-0.3, -0.25) is 0 Å². The molecule has 1 unspecified atom stereocenters. The Kier molecular flexibility index (Phi) is 7.09. The summed E-state index contributed by atoms with van der Waals surface area (Å²) in [6.45, 7) is 9.85. The quantitative estimate of drug-likeness (QED) is 0.708. The number of aliphatic carboxylic acids is 1. The highest BCUT2D eigenvalue weighted by Crippen LogP contribution is 2.24. The first kappa shape index (κ1) is 23.9. The fraction of sp³-hybridized carbons (Fsp3) is 0.455. The van der Waals surface area contributed by atoms with Crippen molar-refractivity contribution in [2.75, 3.05) is 0 Å². The first-order valence-electron chi connectivity index (χ1n) is 9.71. The minimum atomic E-state index is -1.65. The summed E-state index contributed by atoms with van der Waals surface area (Å²) in [5.74, 6) is -2.98. The maximum Gasteiger partial charge on any atom is 0.417 e. The van der Waals surface area contributed by atoms with E-state index in [-0.39, 0.29) is 12.4 Å². The van der Waals surface area contributed by atoms with E-state index in [0.717, 1.165) is 11.8 Å². The zero-order chi connectivity index (χ0) is 23.4. The van der Waals surface area contributed by atoms with Crippen LogP contribution in [-0.2, 0) is 30.4 Å². The molecular weight excluding hydrogens is 404 g/mol. The van der Waals surface area contributed by atoms with Gasteiger partial charge in [-0.2, -0.15) is 0 Å². The van der Waals surface area contributed by atoms with Gasteiger partial charge in [0.05, 0.1) is 6.20 Å². The fourth-order valence-corrected chi connectivity index (χ4v) is 2.57. The number of ether oxygens (including phenoxy) is 3. The third kappa shape index (κ3) is 6.84. The van der Waals surface area contributed by atoms with Gasteiger partial charge in [-0.05, 0) is 47.1 Å². The van der Waals surface area contributed by atoms with Crippen molar-refractivity contribution >= 4 is 23.9 Å². The Morgan fingerprint density at radius 1 is 1.00 bits per heavy atom. The van der Waals surface area contributed by atoms with Gasteiger partial charge < -0.3 is 19.3 Å². The summed E-state index contributed by atoms with van der Waals surface area (Å²) in [5, 5.41) is 9.88. The van der Waals surface area contributed by atoms with Gasteiger partial charge in [-0.15, -0.1) is 0 Å². The van der Waals surface area contributed by atoms with Crippen LogP contribution < -0.4 is 0 Å². The van der Waals surface area contributed by atoms with Crippen LogP contribution in [0.2, 0.25) is 0 Å². The van der Waals surface area contributed by atoms with Crippen LogP contribution in [0.4, 0.5) is 4.79 Å². The van der Waals surface area contributed by atoms with Gasteiger partial charge in [0.15, 0.2) is 6.04 Å². The van der Waals surface area contributed by atoms with Crippen molar-refractivity contribution in [3.8, 4) is 0 Å². The molecule has 1 aromatic rings. The van der Waals surface area contributed by atoms with Gasteiger partial charge in [0, 0.05) is 0 Å². The predicted molar refractivity (Wildman–Crippen MR) is 112 cm³/mol. The van der Waals surface area contributed by atoms with Crippen LogP contribution in [0.15, 0.2) is 47.3 Å². The lowest BCUT2D eigenvalue weighted by Crippen LogP contribution is -2.55. The Bertz CT molecular complexity index is 893. The van der Waals surface area contributed by atoms with Crippen molar-refractivity contribution in [1.29, 1.82) is 0 Å². The molecule has 0 bridgehead atoms. The number of carbonyl (C=O) groups is 3. The van der Waals surface area contributed by atoms with Gasteiger partial charge in [0.2, 0.25) is 5.84 Å².